The number of ether oxygens (including phenoxy) is 1. The van der Waals surface area contributed by atoms with Crippen molar-refractivity contribution in [3.63, 3.8) is 0 Å². The van der Waals surface area contributed by atoms with Crippen molar-refractivity contribution < 1.29 is 27.5 Å². The number of piperazine rings is 1. The fourth-order valence-corrected chi connectivity index (χ4v) is 3.97. The van der Waals surface area contributed by atoms with E-state index in [4.69, 9.17) is 21.2 Å². The fraction of sp³-hybridized carbons (Fsp3) is 0.409. The molecule has 3 heterocycles. The topological polar surface area (TPSA) is 79.3 Å². The number of hydrogen-bond donors (Lipinski definition) is 1. The van der Waals surface area contributed by atoms with Gasteiger partial charge in [-0.25, -0.2) is 4.98 Å². The molecule has 1 aromatic carbocycles. The van der Waals surface area contributed by atoms with Crippen molar-refractivity contribution in [2.45, 2.75) is 18.7 Å². The molecule has 0 aliphatic carbocycles. The molecule has 0 saturated carbocycles. The third-order valence-electron chi connectivity index (χ3n) is 5.65. The van der Waals surface area contributed by atoms with Crippen LogP contribution in [0.15, 0.2) is 41.7 Å². The molecule has 1 aromatic heterocycles. The van der Waals surface area contributed by atoms with Crippen molar-refractivity contribution >= 4 is 34.7 Å². The molecule has 1 atom stereocenters. The third-order valence-corrected chi connectivity index (χ3v) is 5.94. The van der Waals surface area contributed by atoms with Crippen LogP contribution in [0.4, 0.5) is 24.7 Å². The van der Waals surface area contributed by atoms with Gasteiger partial charge in [0.2, 0.25) is 0 Å². The normalized spacial score (nSPS) is 18.4. The quantitative estimate of drug-likeness (QED) is 0.656. The minimum Gasteiger partial charge on any atom is -0.497 e. The molecule has 1 amide bonds. The molecule has 1 N–H and O–H groups in total. The summed E-state index contributed by atoms with van der Waals surface area (Å²) in [6.07, 6.45) is -3.99. The van der Waals surface area contributed by atoms with Crippen LogP contribution in [0.2, 0.25) is 5.02 Å². The first-order chi connectivity index (χ1) is 16.2. The smallest absolute Gasteiger partial charge is 0.417 e. The largest absolute Gasteiger partial charge is 0.497 e. The maximum absolute atomic E-state index is 12.9. The van der Waals surface area contributed by atoms with Crippen LogP contribution in [0.3, 0.4) is 0 Å². The summed E-state index contributed by atoms with van der Waals surface area (Å²) in [6, 6.07) is 8.59. The number of carbonyl (C=O) groups is 1. The summed E-state index contributed by atoms with van der Waals surface area (Å²) in [4.78, 5) is 25.9. The number of amides is 1. The zero-order chi connectivity index (χ0) is 24.3. The van der Waals surface area contributed by atoms with Gasteiger partial charge in [-0.1, -0.05) is 16.8 Å². The first-order valence-corrected chi connectivity index (χ1v) is 11.0. The van der Waals surface area contributed by atoms with E-state index in [9.17, 15) is 18.0 Å². The summed E-state index contributed by atoms with van der Waals surface area (Å²) < 4.78 is 43.4. The van der Waals surface area contributed by atoms with Crippen LogP contribution in [0.5, 0.6) is 5.75 Å². The molecule has 1 fully saturated rings. The number of carbonyl (C=O) groups excluding carboxylic acids is 1. The lowest BCUT2D eigenvalue weighted by Gasteiger charge is -2.36. The van der Waals surface area contributed by atoms with Gasteiger partial charge >= 0.3 is 6.18 Å². The van der Waals surface area contributed by atoms with Crippen LogP contribution in [0.25, 0.3) is 0 Å². The molecule has 182 valence electrons. The minimum absolute atomic E-state index is 0.104. The standard InChI is InChI=1S/C22H23ClF3N5O3/c1-33-16-4-2-15(3-5-16)30-6-8-31(9-7-30)21(32)19-11-17(34-29-19)13-28-20-18(23)10-14(12-27-20)22(24,25)26/h2-5,10,12,17H,6-9,11,13H2,1H3,(H,27,28). The van der Waals surface area contributed by atoms with Crippen LogP contribution < -0.4 is 15.0 Å². The predicted molar refractivity (Wildman–Crippen MR) is 121 cm³/mol. The summed E-state index contributed by atoms with van der Waals surface area (Å²) in [7, 11) is 1.62. The Morgan fingerprint density at radius 3 is 2.56 bits per heavy atom. The molecule has 8 nitrogen and oxygen atoms in total. The van der Waals surface area contributed by atoms with Crippen LogP contribution in [-0.2, 0) is 15.8 Å². The highest BCUT2D eigenvalue weighted by atomic mass is 35.5. The highest BCUT2D eigenvalue weighted by molar-refractivity contribution is 6.39. The Hall–Kier alpha value is -3.21. The zero-order valence-corrected chi connectivity index (χ0v) is 19.1. The highest BCUT2D eigenvalue weighted by Gasteiger charge is 2.33. The van der Waals surface area contributed by atoms with Crippen LogP contribution in [0, 0.1) is 0 Å². The maximum atomic E-state index is 12.9. The highest BCUT2D eigenvalue weighted by Crippen LogP contribution is 2.32. The lowest BCUT2D eigenvalue weighted by atomic mass is 10.1. The Balaban J connectivity index is 1.25. The summed E-state index contributed by atoms with van der Waals surface area (Å²) in [6.45, 7) is 2.67. The summed E-state index contributed by atoms with van der Waals surface area (Å²) in [5.41, 5.74) is 0.454. The second-order valence-electron chi connectivity index (χ2n) is 7.88. The first kappa shape index (κ1) is 23.9. The monoisotopic (exact) mass is 497 g/mol. The van der Waals surface area contributed by atoms with Crippen molar-refractivity contribution in [3.8, 4) is 5.75 Å². The Morgan fingerprint density at radius 2 is 1.94 bits per heavy atom. The van der Waals surface area contributed by atoms with Crippen molar-refractivity contribution in [1.82, 2.24) is 9.88 Å². The van der Waals surface area contributed by atoms with E-state index in [-0.39, 0.29) is 29.7 Å². The van der Waals surface area contributed by atoms with E-state index in [0.717, 1.165) is 17.5 Å². The van der Waals surface area contributed by atoms with Crippen molar-refractivity contribution in [2.24, 2.45) is 5.16 Å². The van der Waals surface area contributed by atoms with E-state index >= 15 is 0 Å². The summed E-state index contributed by atoms with van der Waals surface area (Å²) in [5, 5.41) is 6.63. The number of alkyl halides is 3. The van der Waals surface area contributed by atoms with Gasteiger partial charge in [0.05, 0.1) is 24.2 Å². The molecule has 2 aromatic rings. The minimum atomic E-state index is -4.52. The average Bonchev–Trinajstić information content (AvgIpc) is 3.31. The zero-order valence-electron chi connectivity index (χ0n) is 18.3. The molecule has 34 heavy (non-hydrogen) atoms. The maximum Gasteiger partial charge on any atom is 0.417 e. The lowest BCUT2D eigenvalue weighted by molar-refractivity contribution is -0.137. The number of benzene rings is 1. The number of rotatable bonds is 6. The number of nitrogens with zero attached hydrogens (tertiary/aromatic N) is 4. The second kappa shape index (κ2) is 9.96. The molecular weight excluding hydrogens is 475 g/mol. The molecule has 12 heteroatoms. The van der Waals surface area contributed by atoms with E-state index in [1.165, 1.54) is 0 Å². The Kier molecular flexibility index (Phi) is 7.01. The van der Waals surface area contributed by atoms with E-state index < -0.39 is 17.8 Å². The number of aromatic nitrogens is 1. The van der Waals surface area contributed by atoms with Gasteiger partial charge in [0, 0.05) is 44.5 Å². The van der Waals surface area contributed by atoms with Gasteiger partial charge in [-0.2, -0.15) is 13.2 Å². The number of oxime groups is 1. The number of halogens is 4. The molecule has 1 saturated heterocycles. The van der Waals surface area contributed by atoms with Crippen LogP contribution in [0.1, 0.15) is 12.0 Å². The molecule has 1 unspecified atom stereocenters. The van der Waals surface area contributed by atoms with E-state index in [0.29, 0.717) is 38.1 Å². The predicted octanol–water partition coefficient (Wildman–Crippen LogP) is 3.67. The van der Waals surface area contributed by atoms with Gasteiger partial charge in [0.25, 0.3) is 5.91 Å². The van der Waals surface area contributed by atoms with Gasteiger partial charge < -0.3 is 24.7 Å². The fourth-order valence-electron chi connectivity index (χ4n) is 3.74. The van der Waals surface area contributed by atoms with Crippen molar-refractivity contribution in [1.29, 1.82) is 0 Å². The number of anilines is 2. The molecule has 2 aliphatic rings. The second-order valence-corrected chi connectivity index (χ2v) is 8.29. The van der Waals surface area contributed by atoms with Gasteiger partial charge in [-0.3, -0.25) is 4.79 Å². The van der Waals surface area contributed by atoms with E-state index in [1.54, 1.807) is 12.0 Å². The Labute approximate surface area is 199 Å². The van der Waals surface area contributed by atoms with Crippen LogP contribution in [-0.4, -0.2) is 67.4 Å². The first-order valence-electron chi connectivity index (χ1n) is 10.6. The lowest BCUT2D eigenvalue weighted by Crippen LogP contribution is -2.50. The van der Waals surface area contributed by atoms with E-state index in [2.05, 4.69) is 20.4 Å². The number of methoxy groups -OCH3 is 1. The van der Waals surface area contributed by atoms with Crippen molar-refractivity contribution in [2.75, 3.05) is 50.1 Å². The van der Waals surface area contributed by atoms with Gasteiger partial charge in [0.1, 0.15) is 17.3 Å². The molecule has 0 spiro atoms. The Morgan fingerprint density at radius 1 is 1.24 bits per heavy atom. The van der Waals surface area contributed by atoms with Crippen molar-refractivity contribution in [3.05, 3.63) is 47.1 Å². The summed E-state index contributed by atoms with van der Waals surface area (Å²) in [5.74, 6) is 0.715. The number of nitrogens with one attached hydrogen (secondary N) is 1. The third kappa shape index (κ3) is 5.46. The molecule has 4 rings (SSSR count). The SMILES string of the molecule is COc1ccc(N2CCN(C(=O)C3=NOC(CNc4ncc(C(F)(F)F)cc4Cl)C3)CC2)cc1. The molecule has 0 radical (unpaired) electrons. The Bertz CT molecular complexity index is 1060. The molecule has 2 aliphatic heterocycles. The molecular formula is C22H23ClF3N5O3. The average molecular weight is 498 g/mol. The molecule has 0 bridgehead atoms. The number of hydrogen-bond acceptors (Lipinski definition) is 7. The van der Waals surface area contributed by atoms with Gasteiger partial charge in [-0.05, 0) is 30.3 Å². The van der Waals surface area contributed by atoms with Crippen LogP contribution >= 0.6 is 11.6 Å². The van der Waals surface area contributed by atoms with E-state index in [1.807, 2.05) is 24.3 Å². The van der Waals surface area contributed by atoms with Gasteiger partial charge in [0.15, 0.2) is 6.10 Å². The number of pyridine rings is 1. The van der Waals surface area contributed by atoms with Gasteiger partial charge in [-0.15, -0.1) is 0 Å². The summed E-state index contributed by atoms with van der Waals surface area (Å²) >= 11 is 5.91.